The van der Waals surface area contributed by atoms with Crippen LogP contribution in [0.3, 0.4) is 0 Å². The summed E-state index contributed by atoms with van der Waals surface area (Å²) in [6, 6.07) is 0.172. The van der Waals surface area contributed by atoms with E-state index in [1.807, 2.05) is 13.8 Å². The average Bonchev–Trinajstić information content (AvgIpc) is 2.30. The van der Waals surface area contributed by atoms with Gasteiger partial charge < -0.3 is 10.1 Å². The van der Waals surface area contributed by atoms with Crippen LogP contribution < -0.4 is 5.32 Å². The Labute approximate surface area is 117 Å². The lowest BCUT2D eigenvalue weighted by Crippen LogP contribution is -2.30. The topological polar surface area (TPSA) is 55.4 Å². The van der Waals surface area contributed by atoms with Crippen molar-refractivity contribution in [2.45, 2.75) is 65.8 Å². The molecule has 0 radical (unpaired) electrons. The van der Waals surface area contributed by atoms with Gasteiger partial charge in [-0.05, 0) is 32.6 Å². The molecule has 0 fully saturated rings. The highest BCUT2D eigenvalue weighted by Crippen LogP contribution is 2.06. The summed E-state index contributed by atoms with van der Waals surface area (Å²) in [5.41, 5.74) is 0. The first-order valence-corrected chi connectivity index (χ1v) is 7.30. The molecule has 0 aliphatic heterocycles. The Morgan fingerprint density at radius 2 is 1.68 bits per heavy atom. The number of hydrogen-bond acceptors (Lipinski definition) is 3. The van der Waals surface area contributed by atoms with E-state index < -0.39 is 0 Å². The summed E-state index contributed by atoms with van der Waals surface area (Å²) in [4.78, 5) is 22.8. The van der Waals surface area contributed by atoms with Crippen molar-refractivity contribution in [3.8, 4) is 0 Å². The van der Waals surface area contributed by atoms with E-state index in [0.29, 0.717) is 44.2 Å². The molecule has 0 aromatic carbocycles. The minimum Gasteiger partial charge on any atom is -0.381 e. The van der Waals surface area contributed by atoms with Crippen molar-refractivity contribution in [1.82, 2.24) is 5.32 Å². The molecule has 0 aromatic rings. The highest BCUT2D eigenvalue weighted by Gasteiger charge is 2.05. The van der Waals surface area contributed by atoms with E-state index in [-0.39, 0.29) is 11.9 Å². The van der Waals surface area contributed by atoms with Gasteiger partial charge in [0, 0.05) is 31.9 Å². The van der Waals surface area contributed by atoms with Crippen LogP contribution in [0.1, 0.15) is 59.8 Å². The molecule has 0 spiro atoms. The molecule has 1 amide bonds. The van der Waals surface area contributed by atoms with Gasteiger partial charge in [0.15, 0.2) is 0 Å². The van der Waals surface area contributed by atoms with Crippen LogP contribution in [-0.4, -0.2) is 30.9 Å². The number of ketones is 1. The van der Waals surface area contributed by atoms with E-state index in [9.17, 15) is 9.59 Å². The van der Waals surface area contributed by atoms with E-state index in [2.05, 4.69) is 19.2 Å². The highest BCUT2D eigenvalue weighted by atomic mass is 16.5. The number of rotatable bonds is 11. The standard InChI is InChI=1S/C15H29NO3/c1-12(2)7-8-14(17)6-5-10-19-11-9-15(18)16-13(3)4/h12-13H,5-11H2,1-4H3,(H,16,18). The highest BCUT2D eigenvalue weighted by molar-refractivity contribution is 5.78. The molecular formula is C15H29NO3. The van der Waals surface area contributed by atoms with Crippen LogP contribution in [0, 0.1) is 5.92 Å². The summed E-state index contributed by atoms with van der Waals surface area (Å²) in [5.74, 6) is 0.914. The lowest BCUT2D eigenvalue weighted by molar-refractivity contribution is -0.123. The summed E-state index contributed by atoms with van der Waals surface area (Å²) >= 11 is 0. The van der Waals surface area contributed by atoms with Gasteiger partial charge in [0.25, 0.3) is 0 Å². The Bertz CT molecular complexity index is 262. The number of nitrogens with one attached hydrogen (secondary N) is 1. The molecule has 0 aromatic heterocycles. The van der Waals surface area contributed by atoms with Crippen LogP contribution in [0.15, 0.2) is 0 Å². The molecule has 0 saturated heterocycles. The van der Waals surface area contributed by atoms with Crippen LogP contribution in [0.25, 0.3) is 0 Å². The zero-order chi connectivity index (χ0) is 14.7. The van der Waals surface area contributed by atoms with E-state index in [4.69, 9.17) is 4.74 Å². The molecule has 112 valence electrons. The third-order valence-electron chi connectivity index (χ3n) is 2.67. The van der Waals surface area contributed by atoms with E-state index in [0.717, 1.165) is 12.8 Å². The quantitative estimate of drug-likeness (QED) is 0.588. The molecule has 0 aliphatic carbocycles. The molecule has 0 unspecified atom stereocenters. The van der Waals surface area contributed by atoms with Gasteiger partial charge in [-0.25, -0.2) is 0 Å². The minimum absolute atomic E-state index is 0.0167. The van der Waals surface area contributed by atoms with Gasteiger partial charge in [0.2, 0.25) is 5.91 Å². The van der Waals surface area contributed by atoms with Crippen molar-refractivity contribution in [3.05, 3.63) is 0 Å². The monoisotopic (exact) mass is 271 g/mol. The third kappa shape index (κ3) is 13.3. The second-order valence-electron chi connectivity index (χ2n) is 5.66. The zero-order valence-corrected chi connectivity index (χ0v) is 12.8. The number of hydrogen-bond donors (Lipinski definition) is 1. The summed E-state index contributed by atoms with van der Waals surface area (Å²) < 4.78 is 5.35. The Balaban J connectivity index is 3.35. The Morgan fingerprint density at radius 1 is 1.00 bits per heavy atom. The maximum atomic E-state index is 11.5. The molecule has 1 N–H and O–H groups in total. The van der Waals surface area contributed by atoms with E-state index in [1.165, 1.54) is 0 Å². The molecule has 4 nitrogen and oxygen atoms in total. The van der Waals surface area contributed by atoms with Crippen LogP contribution in [0.2, 0.25) is 0 Å². The third-order valence-corrected chi connectivity index (χ3v) is 2.67. The molecule has 0 rings (SSSR count). The molecule has 4 heteroatoms. The van der Waals surface area contributed by atoms with Crippen LogP contribution >= 0.6 is 0 Å². The first-order valence-electron chi connectivity index (χ1n) is 7.30. The van der Waals surface area contributed by atoms with Crippen molar-refractivity contribution >= 4 is 11.7 Å². The van der Waals surface area contributed by atoms with Crippen LogP contribution in [-0.2, 0) is 14.3 Å². The van der Waals surface area contributed by atoms with Gasteiger partial charge in [-0.2, -0.15) is 0 Å². The summed E-state index contributed by atoms with van der Waals surface area (Å²) in [6.07, 6.45) is 3.37. The van der Waals surface area contributed by atoms with Crippen molar-refractivity contribution in [2.75, 3.05) is 13.2 Å². The maximum absolute atomic E-state index is 11.5. The predicted octanol–water partition coefficient (Wildman–Crippen LogP) is 2.70. The van der Waals surface area contributed by atoms with Crippen molar-refractivity contribution in [3.63, 3.8) is 0 Å². The van der Waals surface area contributed by atoms with Crippen LogP contribution in [0.5, 0.6) is 0 Å². The van der Waals surface area contributed by atoms with Crippen molar-refractivity contribution in [1.29, 1.82) is 0 Å². The van der Waals surface area contributed by atoms with E-state index in [1.54, 1.807) is 0 Å². The van der Waals surface area contributed by atoms with Gasteiger partial charge in [-0.15, -0.1) is 0 Å². The van der Waals surface area contributed by atoms with Gasteiger partial charge in [-0.3, -0.25) is 9.59 Å². The normalized spacial score (nSPS) is 11.1. The van der Waals surface area contributed by atoms with Gasteiger partial charge in [0.05, 0.1) is 6.61 Å². The fraction of sp³-hybridized carbons (Fsp3) is 0.867. The van der Waals surface area contributed by atoms with Crippen LogP contribution in [0.4, 0.5) is 0 Å². The zero-order valence-electron chi connectivity index (χ0n) is 12.8. The lowest BCUT2D eigenvalue weighted by Gasteiger charge is -2.08. The number of carbonyl (C=O) groups excluding carboxylic acids is 2. The molecule has 0 saturated carbocycles. The fourth-order valence-electron chi connectivity index (χ4n) is 1.61. The number of Topliss-reactive ketones (excluding diaryl/α,β-unsaturated/α-hetero) is 1. The lowest BCUT2D eigenvalue weighted by atomic mass is 10.0. The molecule has 0 heterocycles. The molecule has 19 heavy (non-hydrogen) atoms. The summed E-state index contributed by atoms with van der Waals surface area (Å²) in [5, 5.41) is 2.81. The SMILES string of the molecule is CC(C)CCC(=O)CCCOCCC(=O)NC(C)C. The van der Waals surface area contributed by atoms with Crippen molar-refractivity contribution in [2.24, 2.45) is 5.92 Å². The number of ether oxygens (including phenoxy) is 1. The first kappa shape index (κ1) is 18.1. The summed E-state index contributed by atoms with van der Waals surface area (Å²) in [7, 11) is 0. The Morgan fingerprint density at radius 3 is 2.26 bits per heavy atom. The first-order chi connectivity index (χ1) is 8.91. The minimum atomic E-state index is 0.0167. The number of carbonyl (C=O) groups is 2. The fourth-order valence-corrected chi connectivity index (χ4v) is 1.61. The molecule has 0 bridgehead atoms. The van der Waals surface area contributed by atoms with Gasteiger partial charge in [0.1, 0.15) is 5.78 Å². The second-order valence-corrected chi connectivity index (χ2v) is 5.66. The Kier molecular flexibility index (Phi) is 10.5. The van der Waals surface area contributed by atoms with E-state index >= 15 is 0 Å². The average molecular weight is 271 g/mol. The largest absolute Gasteiger partial charge is 0.381 e. The molecule has 0 aliphatic rings. The summed E-state index contributed by atoms with van der Waals surface area (Å²) in [6.45, 7) is 9.10. The number of amides is 1. The smallest absolute Gasteiger partial charge is 0.222 e. The second kappa shape index (κ2) is 11.0. The molecular weight excluding hydrogens is 242 g/mol. The Hall–Kier alpha value is -0.900. The maximum Gasteiger partial charge on any atom is 0.222 e. The predicted molar refractivity (Wildman–Crippen MR) is 77.0 cm³/mol. The van der Waals surface area contributed by atoms with Gasteiger partial charge >= 0.3 is 0 Å². The van der Waals surface area contributed by atoms with Crippen molar-refractivity contribution < 1.29 is 14.3 Å². The molecule has 0 atom stereocenters. The van der Waals surface area contributed by atoms with Gasteiger partial charge in [-0.1, -0.05) is 13.8 Å².